The normalized spacial score (nSPS) is 12.3. The van der Waals surface area contributed by atoms with Gasteiger partial charge >= 0.3 is 6.09 Å². The van der Waals surface area contributed by atoms with Crippen molar-refractivity contribution < 1.29 is 19.1 Å². The topological polar surface area (TPSA) is 96.9 Å². The van der Waals surface area contributed by atoms with Crippen LogP contribution in [0.1, 0.15) is 43.6 Å². The molecule has 9 heteroatoms. The molecule has 37 heavy (non-hydrogen) atoms. The zero-order valence-corrected chi connectivity index (χ0v) is 21.7. The maximum atomic E-state index is 13.7. The van der Waals surface area contributed by atoms with Crippen molar-refractivity contribution in [3.05, 3.63) is 71.9 Å². The van der Waals surface area contributed by atoms with Crippen LogP contribution < -0.4 is 19.9 Å². The van der Waals surface area contributed by atoms with Gasteiger partial charge in [-0.3, -0.25) is 9.69 Å². The number of amides is 2. The molecule has 1 N–H and O–H groups in total. The highest BCUT2D eigenvalue weighted by Gasteiger charge is 2.24. The van der Waals surface area contributed by atoms with Crippen molar-refractivity contribution in [3.63, 3.8) is 0 Å². The molecule has 0 unspecified atom stereocenters. The Kier molecular flexibility index (Phi) is 7.91. The summed E-state index contributed by atoms with van der Waals surface area (Å²) in [6.45, 7) is 9.05. The van der Waals surface area contributed by atoms with Gasteiger partial charge in [-0.15, -0.1) is 0 Å². The quantitative estimate of drug-likeness (QED) is 0.474. The molecule has 9 nitrogen and oxygen atoms in total. The van der Waals surface area contributed by atoms with Gasteiger partial charge in [0.2, 0.25) is 5.95 Å². The van der Waals surface area contributed by atoms with Crippen molar-refractivity contribution in [2.24, 2.45) is 0 Å². The molecule has 1 aromatic heterocycles. The number of hydrogen-bond acceptors (Lipinski definition) is 7. The molecule has 0 bridgehead atoms. The monoisotopic (exact) mass is 503 g/mol. The minimum atomic E-state index is -0.616. The van der Waals surface area contributed by atoms with E-state index in [-0.39, 0.29) is 19.0 Å². The Balaban J connectivity index is 1.61. The summed E-state index contributed by atoms with van der Waals surface area (Å²) in [6, 6.07) is 17.0. The first-order valence-corrected chi connectivity index (χ1v) is 12.5. The van der Waals surface area contributed by atoms with Crippen LogP contribution in [-0.2, 0) is 11.2 Å². The van der Waals surface area contributed by atoms with Gasteiger partial charge in [0.15, 0.2) is 0 Å². The van der Waals surface area contributed by atoms with Gasteiger partial charge in [-0.1, -0.05) is 18.2 Å². The van der Waals surface area contributed by atoms with E-state index in [1.54, 1.807) is 44.0 Å². The number of benzene rings is 2. The van der Waals surface area contributed by atoms with E-state index in [1.165, 1.54) is 0 Å². The third-order valence-electron chi connectivity index (χ3n) is 5.72. The number of aromatic nitrogens is 2. The van der Waals surface area contributed by atoms with Gasteiger partial charge in [0.05, 0.1) is 6.61 Å². The van der Waals surface area contributed by atoms with Gasteiger partial charge < -0.3 is 19.7 Å². The summed E-state index contributed by atoms with van der Waals surface area (Å²) < 4.78 is 10.9. The highest BCUT2D eigenvalue weighted by Crippen LogP contribution is 2.28. The van der Waals surface area contributed by atoms with Gasteiger partial charge in [-0.05, 0) is 69.7 Å². The Morgan fingerprint density at radius 3 is 2.62 bits per heavy atom. The fourth-order valence-corrected chi connectivity index (χ4v) is 4.05. The molecule has 0 saturated heterocycles. The first kappa shape index (κ1) is 25.9. The molecule has 3 aromatic rings. The third-order valence-corrected chi connectivity index (χ3v) is 5.72. The molecule has 2 amide bonds. The zero-order valence-electron chi connectivity index (χ0n) is 21.7. The summed E-state index contributed by atoms with van der Waals surface area (Å²) in [5.74, 6) is 1.49. The molecule has 0 aliphatic carbocycles. The summed E-state index contributed by atoms with van der Waals surface area (Å²) in [6.07, 6.45) is 1.86. The summed E-state index contributed by atoms with van der Waals surface area (Å²) in [5, 5.41) is 2.73. The smallest absolute Gasteiger partial charge is 0.407 e. The van der Waals surface area contributed by atoms with Crippen LogP contribution in [0.4, 0.5) is 22.2 Å². The maximum absolute atomic E-state index is 13.7. The lowest BCUT2D eigenvalue weighted by atomic mass is 10.1. The minimum absolute atomic E-state index is 0.185. The first-order valence-electron chi connectivity index (χ1n) is 12.5. The Morgan fingerprint density at radius 2 is 1.89 bits per heavy atom. The van der Waals surface area contributed by atoms with Gasteiger partial charge in [0, 0.05) is 43.5 Å². The molecular weight excluding hydrogens is 470 g/mol. The number of fused-ring (bicyclic) bond motifs is 1. The molecule has 0 spiro atoms. The van der Waals surface area contributed by atoms with E-state index in [1.807, 2.05) is 54.3 Å². The predicted octanol–water partition coefficient (Wildman–Crippen LogP) is 4.74. The third kappa shape index (κ3) is 6.55. The lowest BCUT2D eigenvalue weighted by Gasteiger charge is -2.26. The molecule has 2 heterocycles. The molecule has 0 fully saturated rings. The van der Waals surface area contributed by atoms with Crippen molar-refractivity contribution in [3.8, 4) is 5.75 Å². The number of anilines is 3. The van der Waals surface area contributed by atoms with E-state index in [0.717, 1.165) is 23.4 Å². The number of para-hydroxylation sites is 1. The average molecular weight is 504 g/mol. The number of nitrogens with one attached hydrogen (secondary N) is 1. The number of carbonyl (C=O) groups is 2. The van der Waals surface area contributed by atoms with Crippen LogP contribution in [0, 0.1) is 0 Å². The highest BCUT2D eigenvalue weighted by molar-refractivity contribution is 6.06. The van der Waals surface area contributed by atoms with Gasteiger partial charge in [0.1, 0.15) is 17.2 Å². The van der Waals surface area contributed by atoms with Crippen LogP contribution in [0.5, 0.6) is 5.75 Å². The number of carbonyl (C=O) groups excluding carboxylic acids is 2. The van der Waals surface area contributed by atoms with Crippen LogP contribution in [0.15, 0.2) is 60.8 Å². The predicted molar refractivity (Wildman–Crippen MR) is 143 cm³/mol. The van der Waals surface area contributed by atoms with Crippen LogP contribution in [0.3, 0.4) is 0 Å². The summed E-state index contributed by atoms with van der Waals surface area (Å²) in [7, 11) is 0. The lowest BCUT2D eigenvalue weighted by Crippen LogP contribution is -2.41. The Morgan fingerprint density at radius 1 is 1.11 bits per heavy atom. The maximum Gasteiger partial charge on any atom is 0.407 e. The van der Waals surface area contributed by atoms with Crippen LogP contribution >= 0.6 is 0 Å². The molecular formula is C28H33N5O4. The van der Waals surface area contributed by atoms with Crippen molar-refractivity contribution in [1.29, 1.82) is 0 Å². The highest BCUT2D eigenvalue weighted by atomic mass is 16.6. The lowest BCUT2D eigenvalue weighted by molar-refractivity contribution is 0.0528. The molecule has 2 aromatic carbocycles. The standard InChI is InChI=1S/C28H33N5O4/c1-5-32(22-9-7-6-8-10-22)26-29-15-13-24(31-26)33(17-16-30-27(35)37-28(2,3)4)25(34)21-11-12-23-20(19-21)14-18-36-23/h6-13,15,19H,5,14,16-18H2,1-4H3,(H,30,35). The van der Waals surface area contributed by atoms with E-state index in [2.05, 4.69) is 10.3 Å². The van der Waals surface area contributed by atoms with E-state index in [0.29, 0.717) is 30.5 Å². The number of rotatable bonds is 8. The summed E-state index contributed by atoms with van der Waals surface area (Å²) in [5.41, 5.74) is 1.86. The number of nitrogens with zero attached hydrogens (tertiary/aromatic N) is 4. The Bertz CT molecular complexity index is 1240. The Hall–Kier alpha value is -4.14. The molecule has 0 saturated carbocycles. The van der Waals surface area contributed by atoms with E-state index in [4.69, 9.17) is 14.5 Å². The molecule has 4 rings (SSSR count). The van der Waals surface area contributed by atoms with Crippen LogP contribution in [-0.4, -0.2) is 53.8 Å². The van der Waals surface area contributed by atoms with E-state index >= 15 is 0 Å². The van der Waals surface area contributed by atoms with Gasteiger partial charge in [0.25, 0.3) is 5.91 Å². The summed E-state index contributed by atoms with van der Waals surface area (Å²) >= 11 is 0. The first-order chi connectivity index (χ1) is 17.7. The second-order valence-corrected chi connectivity index (χ2v) is 9.60. The number of hydrogen-bond donors (Lipinski definition) is 1. The van der Waals surface area contributed by atoms with E-state index < -0.39 is 11.7 Å². The molecule has 0 radical (unpaired) electrons. The molecule has 1 aliphatic rings. The van der Waals surface area contributed by atoms with Crippen molar-refractivity contribution in [1.82, 2.24) is 15.3 Å². The number of alkyl carbamates (subject to hydrolysis) is 1. The SMILES string of the molecule is CCN(c1ccccc1)c1nccc(N(CCNC(=O)OC(C)(C)C)C(=O)c2ccc3c(c2)CCO3)n1. The van der Waals surface area contributed by atoms with Crippen LogP contribution in [0.2, 0.25) is 0 Å². The largest absolute Gasteiger partial charge is 0.493 e. The fraction of sp³-hybridized carbons (Fsp3) is 0.357. The average Bonchev–Trinajstić information content (AvgIpc) is 3.35. The summed E-state index contributed by atoms with van der Waals surface area (Å²) in [4.78, 5) is 38.7. The van der Waals surface area contributed by atoms with Crippen molar-refractivity contribution in [2.45, 2.75) is 39.7 Å². The van der Waals surface area contributed by atoms with Crippen LogP contribution in [0.25, 0.3) is 0 Å². The van der Waals surface area contributed by atoms with Gasteiger partial charge in [-0.2, -0.15) is 4.98 Å². The second kappa shape index (κ2) is 11.3. The van der Waals surface area contributed by atoms with Crippen molar-refractivity contribution in [2.75, 3.05) is 36.0 Å². The molecule has 1 aliphatic heterocycles. The fourth-order valence-electron chi connectivity index (χ4n) is 4.05. The number of ether oxygens (including phenoxy) is 2. The van der Waals surface area contributed by atoms with Crippen molar-refractivity contribution >= 4 is 29.5 Å². The zero-order chi connectivity index (χ0) is 26.4. The second-order valence-electron chi connectivity index (χ2n) is 9.60. The molecule has 0 atom stereocenters. The van der Waals surface area contributed by atoms with Gasteiger partial charge in [-0.25, -0.2) is 9.78 Å². The minimum Gasteiger partial charge on any atom is -0.493 e. The Labute approximate surface area is 217 Å². The van der Waals surface area contributed by atoms with E-state index in [9.17, 15) is 9.59 Å². The molecule has 194 valence electrons.